The van der Waals surface area contributed by atoms with Crippen LogP contribution in [-0.4, -0.2) is 23.0 Å². The molecule has 3 aromatic rings. The van der Waals surface area contributed by atoms with E-state index in [9.17, 15) is 14.7 Å². The SMILES string of the molecule is O=C(N[C@@H](Cc1cccc(Br)c1)C(=O)O)C1c2ccccc2-c2ccccc21. The quantitative estimate of drug-likeness (QED) is 0.624. The minimum absolute atomic E-state index is 0.219. The minimum Gasteiger partial charge on any atom is -0.480 e. The van der Waals surface area contributed by atoms with Crippen LogP contribution in [0.2, 0.25) is 0 Å². The van der Waals surface area contributed by atoms with Gasteiger partial charge in [0, 0.05) is 10.9 Å². The van der Waals surface area contributed by atoms with Gasteiger partial charge in [0.15, 0.2) is 0 Å². The summed E-state index contributed by atoms with van der Waals surface area (Å²) in [5.41, 5.74) is 4.71. The van der Waals surface area contributed by atoms with Crippen molar-refractivity contribution in [2.75, 3.05) is 0 Å². The van der Waals surface area contributed by atoms with Crippen molar-refractivity contribution in [1.82, 2.24) is 5.32 Å². The van der Waals surface area contributed by atoms with Crippen molar-refractivity contribution in [1.29, 1.82) is 0 Å². The summed E-state index contributed by atoms with van der Waals surface area (Å²) in [7, 11) is 0. The van der Waals surface area contributed by atoms with E-state index in [2.05, 4.69) is 21.2 Å². The summed E-state index contributed by atoms with van der Waals surface area (Å²) >= 11 is 3.40. The van der Waals surface area contributed by atoms with Crippen LogP contribution >= 0.6 is 15.9 Å². The first-order valence-electron chi connectivity index (χ1n) is 9.00. The normalized spacial score (nSPS) is 13.5. The van der Waals surface area contributed by atoms with Gasteiger partial charge in [0.25, 0.3) is 0 Å². The molecule has 0 saturated heterocycles. The summed E-state index contributed by atoms with van der Waals surface area (Å²) in [6.45, 7) is 0. The van der Waals surface area contributed by atoms with E-state index < -0.39 is 17.9 Å². The number of carboxylic acids is 1. The lowest BCUT2D eigenvalue weighted by Gasteiger charge is -2.19. The van der Waals surface area contributed by atoms with Crippen LogP contribution in [0, 0.1) is 0 Å². The van der Waals surface area contributed by atoms with Crippen LogP contribution in [0.3, 0.4) is 0 Å². The molecule has 0 spiro atoms. The highest BCUT2D eigenvalue weighted by Gasteiger charge is 2.35. The maximum Gasteiger partial charge on any atom is 0.326 e. The molecule has 0 aromatic heterocycles. The van der Waals surface area contributed by atoms with Gasteiger partial charge in [-0.1, -0.05) is 76.6 Å². The van der Waals surface area contributed by atoms with Gasteiger partial charge in [-0.2, -0.15) is 0 Å². The van der Waals surface area contributed by atoms with E-state index >= 15 is 0 Å². The Balaban J connectivity index is 1.62. The zero-order valence-electron chi connectivity index (χ0n) is 14.9. The highest BCUT2D eigenvalue weighted by Crippen LogP contribution is 2.44. The first-order chi connectivity index (χ1) is 13.5. The number of rotatable bonds is 5. The number of nitrogens with one attached hydrogen (secondary N) is 1. The molecule has 1 aliphatic rings. The fourth-order valence-corrected chi connectivity index (χ4v) is 4.24. The van der Waals surface area contributed by atoms with Crippen LogP contribution < -0.4 is 5.32 Å². The van der Waals surface area contributed by atoms with Gasteiger partial charge in [-0.05, 0) is 39.9 Å². The van der Waals surface area contributed by atoms with Crippen LogP contribution in [0.25, 0.3) is 11.1 Å². The van der Waals surface area contributed by atoms with Crippen LogP contribution in [0.4, 0.5) is 0 Å². The predicted molar refractivity (Wildman–Crippen MR) is 111 cm³/mol. The Hall–Kier alpha value is -2.92. The molecule has 2 N–H and O–H groups in total. The summed E-state index contributed by atoms with van der Waals surface area (Å²) in [5.74, 6) is -1.84. The zero-order chi connectivity index (χ0) is 19.7. The number of aliphatic carboxylic acids is 1. The second kappa shape index (κ2) is 7.60. The van der Waals surface area contributed by atoms with Crippen molar-refractivity contribution < 1.29 is 14.7 Å². The average molecular weight is 436 g/mol. The predicted octanol–water partition coefficient (Wildman–Crippen LogP) is 4.37. The Morgan fingerprint density at radius 3 is 2.11 bits per heavy atom. The van der Waals surface area contributed by atoms with Crippen LogP contribution in [0.15, 0.2) is 77.3 Å². The maximum absolute atomic E-state index is 13.2. The fourth-order valence-electron chi connectivity index (χ4n) is 3.79. The van der Waals surface area contributed by atoms with Gasteiger partial charge < -0.3 is 10.4 Å². The number of hydrogen-bond donors (Lipinski definition) is 2. The van der Waals surface area contributed by atoms with Crippen molar-refractivity contribution in [3.8, 4) is 11.1 Å². The highest BCUT2D eigenvalue weighted by atomic mass is 79.9. The average Bonchev–Trinajstić information content (AvgIpc) is 3.02. The summed E-state index contributed by atoms with van der Waals surface area (Å²) < 4.78 is 0.874. The molecule has 1 aliphatic carbocycles. The van der Waals surface area contributed by atoms with E-state index in [-0.39, 0.29) is 12.3 Å². The molecule has 28 heavy (non-hydrogen) atoms. The Bertz CT molecular complexity index is 1020. The van der Waals surface area contributed by atoms with Gasteiger partial charge in [0.2, 0.25) is 5.91 Å². The monoisotopic (exact) mass is 435 g/mol. The van der Waals surface area contributed by atoms with Crippen molar-refractivity contribution in [2.24, 2.45) is 0 Å². The van der Waals surface area contributed by atoms with Crippen molar-refractivity contribution >= 4 is 27.8 Å². The van der Waals surface area contributed by atoms with Crippen LogP contribution in [0.5, 0.6) is 0 Å². The van der Waals surface area contributed by atoms with Gasteiger partial charge in [-0.25, -0.2) is 4.79 Å². The summed E-state index contributed by atoms with van der Waals surface area (Å²) in [6, 6.07) is 22.0. The van der Waals surface area contributed by atoms with E-state index in [1.165, 1.54) is 0 Å². The Morgan fingerprint density at radius 2 is 1.54 bits per heavy atom. The second-order valence-electron chi connectivity index (χ2n) is 6.84. The molecule has 1 amide bonds. The Labute approximate surface area is 171 Å². The van der Waals surface area contributed by atoms with E-state index in [0.717, 1.165) is 32.3 Å². The molecular weight excluding hydrogens is 418 g/mol. The van der Waals surface area contributed by atoms with Gasteiger partial charge in [-0.3, -0.25) is 4.79 Å². The molecule has 0 fully saturated rings. The van der Waals surface area contributed by atoms with Crippen molar-refractivity contribution in [2.45, 2.75) is 18.4 Å². The van der Waals surface area contributed by atoms with E-state index in [0.29, 0.717) is 0 Å². The number of carboxylic acid groups (broad SMARTS) is 1. The molecule has 140 valence electrons. The Morgan fingerprint density at radius 1 is 0.929 bits per heavy atom. The smallest absolute Gasteiger partial charge is 0.326 e. The molecule has 3 aromatic carbocycles. The Kier molecular flexibility index (Phi) is 5.01. The molecule has 5 heteroatoms. The standard InChI is InChI=1S/C23H18BrNO3/c24-15-7-5-6-14(12-15)13-20(23(27)28)25-22(26)21-18-10-3-1-8-16(18)17-9-2-4-11-19(17)21/h1-12,20-21H,13H2,(H,25,26)(H,27,28)/t20-/m0/s1. The summed E-state index contributed by atoms with van der Waals surface area (Å²) in [4.78, 5) is 25.0. The molecule has 0 bridgehead atoms. The molecule has 0 aliphatic heterocycles. The topological polar surface area (TPSA) is 66.4 Å². The second-order valence-corrected chi connectivity index (χ2v) is 7.76. The largest absolute Gasteiger partial charge is 0.480 e. The van der Waals surface area contributed by atoms with Gasteiger partial charge >= 0.3 is 5.97 Å². The van der Waals surface area contributed by atoms with Crippen molar-refractivity contribution in [3.05, 3.63) is 94.0 Å². The summed E-state index contributed by atoms with van der Waals surface area (Å²) in [6.07, 6.45) is 0.219. The first-order valence-corrected chi connectivity index (χ1v) is 9.80. The first kappa shape index (κ1) is 18.4. The van der Waals surface area contributed by atoms with Crippen molar-refractivity contribution in [3.63, 3.8) is 0 Å². The number of fused-ring (bicyclic) bond motifs is 3. The number of amides is 1. The van der Waals surface area contributed by atoms with Gasteiger partial charge in [0.05, 0.1) is 5.92 Å². The van der Waals surface area contributed by atoms with E-state index in [1.54, 1.807) is 0 Å². The van der Waals surface area contributed by atoms with E-state index in [4.69, 9.17) is 0 Å². The minimum atomic E-state index is -1.05. The molecule has 4 rings (SSSR count). The lowest BCUT2D eigenvalue weighted by atomic mass is 9.95. The molecule has 0 heterocycles. The van der Waals surface area contributed by atoms with Crippen LogP contribution in [0.1, 0.15) is 22.6 Å². The fraction of sp³-hybridized carbons (Fsp3) is 0.130. The lowest BCUT2D eigenvalue weighted by molar-refractivity contribution is -0.141. The van der Waals surface area contributed by atoms with Gasteiger partial charge in [0.1, 0.15) is 6.04 Å². The summed E-state index contributed by atoms with van der Waals surface area (Å²) in [5, 5.41) is 12.4. The number of carbonyl (C=O) groups is 2. The third-order valence-corrected chi connectivity index (χ3v) is 5.53. The third-order valence-electron chi connectivity index (χ3n) is 5.04. The molecule has 0 unspecified atom stereocenters. The van der Waals surface area contributed by atoms with Crippen LogP contribution in [-0.2, 0) is 16.0 Å². The molecule has 0 saturated carbocycles. The van der Waals surface area contributed by atoms with E-state index in [1.807, 2.05) is 72.8 Å². The number of benzene rings is 3. The number of hydrogen-bond acceptors (Lipinski definition) is 2. The zero-order valence-corrected chi connectivity index (χ0v) is 16.5. The molecular formula is C23H18BrNO3. The molecule has 0 radical (unpaired) electrons. The maximum atomic E-state index is 13.2. The number of halogens is 1. The molecule has 4 nitrogen and oxygen atoms in total. The molecule has 1 atom stereocenters. The van der Waals surface area contributed by atoms with Gasteiger partial charge in [-0.15, -0.1) is 0 Å². The highest BCUT2D eigenvalue weighted by molar-refractivity contribution is 9.10. The third kappa shape index (κ3) is 3.45. The number of carbonyl (C=O) groups excluding carboxylic acids is 1. The lowest BCUT2D eigenvalue weighted by Crippen LogP contribution is -2.44.